The quantitative estimate of drug-likeness (QED) is 0.422. The Morgan fingerprint density at radius 3 is 2.65 bits per heavy atom. The van der Waals surface area contributed by atoms with E-state index >= 15 is 0 Å². The van der Waals surface area contributed by atoms with Gasteiger partial charge in [-0.15, -0.1) is 0 Å². The minimum atomic E-state index is -1.55. The van der Waals surface area contributed by atoms with Gasteiger partial charge in [0.2, 0.25) is 0 Å². The molecule has 1 unspecified atom stereocenters. The van der Waals surface area contributed by atoms with Gasteiger partial charge in [-0.05, 0) is 44.7 Å². The summed E-state index contributed by atoms with van der Waals surface area (Å²) in [5.41, 5.74) is 0.453. The number of hydrogen-bond donors (Lipinski definition) is 3. The molecule has 0 aliphatic carbocycles. The minimum absolute atomic E-state index is 0.0865. The lowest BCUT2D eigenvalue weighted by atomic mass is 9.95. The first-order valence-corrected chi connectivity index (χ1v) is 11.2. The van der Waals surface area contributed by atoms with Crippen LogP contribution in [0.15, 0.2) is 33.7 Å². The Labute approximate surface area is 198 Å². The number of imide groups is 1. The molecule has 2 aromatic rings. The third kappa shape index (κ3) is 4.54. The summed E-state index contributed by atoms with van der Waals surface area (Å²) in [7, 11) is 3.33. The van der Waals surface area contributed by atoms with Gasteiger partial charge < -0.3 is 19.4 Å². The van der Waals surface area contributed by atoms with Crippen LogP contribution in [0.5, 0.6) is 5.75 Å². The van der Waals surface area contributed by atoms with Crippen molar-refractivity contribution in [2.24, 2.45) is 4.99 Å². The van der Waals surface area contributed by atoms with Crippen molar-refractivity contribution < 1.29 is 23.5 Å². The Balaban J connectivity index is 0.00000158. The molecule has 10 heteroatoms. The summed E-state index contributed by atoms with van der Waals surface area (Å²) in [6.45, 7) is 7.86. The third-order valence-corrected chi connectivity index (χ3v) is 5.80. The van der Waals surface area contributed by atoms with E-state index in [1.807, 2.05) is 26.8 Å². The Kier molecular flexibility index (Phi) is 7.41. The van der Waals surface area contributed by atoms with E-state index in [1.54, 1.807) is 38.4 Å². The molecule has 1 aromatic carbocycles. The maximum atomic E-state index is 13.1. The molecule has 10 nitrogen and oxygen atoms in total. The number of benzene rings is 1. The van der Waals surface area contributed by atoms with Crippen LogP contribution in [0.25, 0.3) is 0 Å². The van der Waals surface area contributed by atoms with Crippen molar-refractivity contribution in [3.63, 3.8) is 0 Å². The highest BCUT2D eigenvalue weighted by atomic mass is 16.5. The molecule has 4 rings (SSSR count). The highest BCUT2D eigenvalue weighted by Gasteiger charge is 2.53. The summed E-state index contributed by atoms with van der Waals surface area (Å²) in [6.07, 6.45) is 1.54. The number of urea groups is 1. The van der Waals surface area contributed by atoms with E-state index < -0.39 is 17.5 Å². The Morgan fingerprint density at radius 2 is 2.03 bits per heavy atom. The highest BCUT2D eigenvalue weighted by molar-refractivity contribution is 6.08. The summed E-state index contributed by atoms with van der Waals surface area (Å²) in [5, 5.41) is 7.95. The molecule has 3 heterocycles. The van der Waals surface area contributed by atoms with Crippen molar-refractivity contribution in [2.75, 3.05) is 20.7 Å². The fourth-order valence-electron chi connectivity index (χ4n) is 3.84. The van der Waals surface area contributed by atoms with Crippen LogP contribution in [0.4, 0.5) is 4.79 Å². The lowest BCUT2D eigenvalue weighted by Gasteiger charge is -2.29. The molecule has 34 heavy (non-hydrogen) atoms. The number of fused-ring (bicyclic) bond motifs is 1. The highest BCUT2D eigenvalue weighted by Crippen LogP contribution is 2.34. The van der Waals surface area contributed by atoms with Crippen molar-refractivity contribution >= 4 is 24.1 Å². The number of aliphatic imine (C=N–C) groups is 1. The van der Waals surface area contributed by atoms with Gasteiger partial charge in [-0.1, -0.05) is 19.9 Å². The first kappa shape index (κ1) is 25.0. The molecule has 182 valence electrons. The number of aryl methyl sites for hydroxylation is 1. The number of amides is 4. The van der Waals surface area contributed by atoms with E-state index in [0.29, 0.717) is 29.2 Å². The fourth-order valence-corrected chi connectivity index (χ4v) is 3.84. The van der Waals surface area contributed by atoms with Gasteiger partial charge in [0.1, 0.15) is 17.3 Å². The maximum absolute atomic E-state index is 13.1. The number of nitrogens with one attached hydrogen (secondary N) is 3. The smallest absolute Gasteiger partial charge is 0.322 e. The number of carbonyl (C=O) groups is 3. The molecule has 0 radical (unpaired) electrons. The molecule has 0 bridgehead atoms. The van der Waals surface area contributed by atoms with E-state index in [-0.39, 0.29) is 24.4 Å². The zero-order valence-corrected chi connectivity index (χ0v) is 20.3. The number of methoxy groups -OCH3 is 1. The second-order valence-electron chi connectivity index (χ2n) is 7.86. The van der Waals surface area contributed by atoms with Crippen molar-refractivity contribution in [1.82, 2.24) is 20.9 Å². The molecular weight excluding hydrogens is 438 g/mol. The summed E-state index contributed by atoms with van der Waals surface area (Å²) < 4.78 is 11.1. The summed E-state index contributed by atoms with van der Waals surface area (Å²) >= 11 is 0. The number of carbonyl (C=O) groups excluding carboxylic acids is 3. The number of nitrogens with zero attached hydrogens (tertiary/aromatic N) is 2. The van der Waals surface area contributed by atoms with Crippen molar-refractivity contribution in [3.05, 3.63) is 52.5 Å². The predicted octanol–water partition coefficient (Wildman–Crippen LogP) is 2.30. The van der Waals surface area contributed by atoms with E-state index in [0.717, 1.165) is 5.56 Å². The molecule has 2 aliphatic rings. The molecule has 3 N–H and O–H groups in total. The van der Waals surface area contributed by atoms with E-state index in [9.17, 15) is 14.4 Å². The van der Waals surface area contributed by atoms with Crippen molar-refractivity contribution in [2.45, 2.75) is 45.9 Å². The van der Waals surface area contributed by atoms with Crippen molar-refractivity contribution in [1.29, 1.82) is 0 Å². The zero-order chi connectivity index (χ0) is 25.0. The molecule has 2 aliphatic heterocycles. The van der Waals surface area contributed by atoms with E-state index in [2.05, 4.69) is 20.9 Å². The Morgan fingerprint density at radius 1 is 1.29 bits per heavy atom. The molecule has 4 amide bonds. The predicted molar refractivity (Wildman–Crippen MR) is 127 cm³/mol. The summed E-state index contributed by atoms with van der Waals surface area (Å²) in [6, 6.07) is 6.30. The van der Waals surface area contributed by atoms with Gasteiger partial charge in [0.15, 0.2) is 5.54 Å². The Bertz CT molecular complexity index is 1120. The summed E-state index contributed by atoms with van der Waals surface area (Å²) in [4.78, 5) is 44.0. The van der Waals surface area contributed by atoms with Crippen molar-refractivity contribution in [3.8, 4) is 5.75 Å². The number of rotatable bonds is 7. The van der Waals surface area contributed by atoms with Crippen LogP contribution in [-0.4, -0.2) is 55.8 Å². The fraction of sp³-hybridized carbons (Fsp3) is 0.417. The average Bonchev–Trinajstić information content (AvgIpc) is 3.46. The summed E-state index contributed by atoms with van der Waals surface area (Å²) in [5.74, 6) is 0.520. The largest absolute Gasteiger partial charge is 0.497 e. The zero-order valence-electron chi connectivity index (χ0n) is 20.3. The first-order chi connectivity index (χ1) is 16.3. The second kappa shape index (κ2) is 10.1. The lowest BCUT2D eigenvalue weighted by molar-refractivity contribution is -0.125. The van der Waals surface area contributed by atoms with Gasteiger partial charge in [-0.3, -0.25) is 25.2 Å². The normalized spacial score (nSPS) is 20.1. The van der Waals surface area contributed by atoms with Crippen LogP contribution in [0, 0.1) is 6.92 Å². The number of furan rings is 1. The SMILES string of the molecule is CC.CNC(C)/N=C\c1cc([C@]2(CN3Cc4ccc(OC)cc4C3=O)NC(=O)NC2=O)oc1C. The van der Waals surface area contributed by atoms with Crippen LogP contribution < -0.4 is 20.7 Å². The van der Waals surface area contributed by atoms with Gasteiger partial charge in [-0.25, -0.2) is 4.79 Å². The molecule has 1 aromatic heterocycles. The molecule has 1 fully saturated rings. The van der Waals surface area contributed by atoms with Crippen LogP contribution >= 0.6 is 0 Å². The van der Waals surface area contributed by atoms with Gasteiger partial charge in [0.05, 0.1) is 19.8 Å². The van der Waals surface area contributed by atoms with E-state index in [1.165, 1.54) is 12.0 Å². The van der Waals surface area contributed by atoms with Crippen LogP contribution in [-0.2, 0) is 16.9 Å². The Hall–Kier alpha value is -3.66. The van der Waals surface area contributed by atoms with Gasteiger partial charge in [0, 0.05) is 23.9 Å². The maximum Gasteiger partial charge on any atom is 0.322 e. The minimum Gasteiger partial charge on any atom is -0.497 e. The molecule has 1 saturated heterocycles. The van der Waals surface area contributed by atoms with Gasteiger partial charge in [-0.2, -0.15) is 0 Å². The molecular formula is C24H31N5O5. The third-order valence-electron chi connectivity index (χ3n) is 5.80. The average molecular weight is 470 g/mol. The number of hydrogen-bond acceptors (Lipinski definition) is 7. The van der Waals surface area contributed by atoms with Gasteiger partial charge in [0.25, 0.3) is 11.8 Å². The molecule has 2 atom stereocenters. The molecule has 0 saturated carbocycles. The topological polar surface area (TPSA) is 125 Å². The molecule has 0 spiro atoms. The first-order valence-electron chi connectivity index (χ1n) is 11.2. The standard InChI is InChI=1S/C22H25N5O5.C2H6/c1-12-15(9-24-13(2)23-3)7-18(32-12)22(20(29)25-21(30)26-22)11-27-10-14-5-6-16(31-4)8-17(14)19(27)28;1-2/h5-9,13,23H,10-11H2,1-4H3,(H2,25,26,29,30);1-2H3/b24-9-;/t13?,22-;/m0./s1. The van der Waals surface area contributed by atoms with Crippen LogP contribution in [0.1, 0.15) is 53.8 Å². The van der Waals surface area contributed by atoms with Gasteiger partial charge >= 0.3 is 6.03 Å². The number of ether oxygens (including phenoxy) is 1. The second-order valence-corrected chi connectivity index (χ2v) is 7.86. The van der Waals surface area contributed by atoms with Crippen LogP contribution in [0.3, 0.4) is 0 Å². The lowest BCUT2D eigenvalue weighted by Crippen LogP contribution is -2.52. The monoisotopic (exact) mass is 469 g/mol. The van der Waals surface area contributed by atoms with Crippen LogP contribution in [0.2, 0.25) is 0 Å². The van der Waals surface area contributed by atoms with E-state index in [4.69, 9.17) is 9.15 Å².